The third-order valence-electron chi connectivity index (χ3n) is 4.11. The molecule has 1 fully saturated rings. The molecule has 0 spiro atoms. The largest absolute Gasteiger partial charge is 0.481 e. The van der Waals surface area contributed by atoms with Crippen molar-refractivity contribution < 1.29 is 9.90 Å². The highest BCUT2D eigenvalue weighted by Gasteiger charge is 2.23. The van der Waals surface area contributed by atoms with Crippen LogP contribution in [-0.2, 0) is 11.3 Å². The molecule has 1 unspecified atom stereocenters. The molecule has 3 nitrogen and oxygen atoms in total. The number of benzene rings is 1. The topological polar surface area (TPSA) is 40.5 Å². The van der Waals surface area contributed by atoms with Crippen molar-refractivity contribution in [1.82, 2.24) is 4.90 Å². The van der Waals surface area contributed by atoms with Crippen LogP contribution >= 0.6 is 0 Å². The molecule has 2 rings (SSSR count). The van der Waals surface area contributed by atoms with Gasteiger partial charge in [0.15, 0.2) is 0 Å². The van der Waals surface area contributed by atoms with Crippen LogP contribution in [0, 0.1) is 13.8 Å². The van der Waals surface area contributed by atoms with Crippen molar-refractivity contribution in [1.29, 1.82) is 0 Å². The summed E-state index contributed by atoms with van der Waals surface area (Å²) < 4.78 is 0. The molecule has 1 aliphatic rings. The summed E-state index contributed by atoms with van der Waals surface area (Å²) in [5, 5.41) is 8.87. The van der Waals surface area contributed by atoms with E-state index >= 15 is 0 Å². The number of rotatable bonds is 5. The standard InChI is InChI=1S/C17H25NO2/c1-13-9-14(2)11-15(10-13)12-18-8-4-3-5-16(18)6-7-17(19)20/h9-11,16H,3-8,12H2,1-2H3,(H,19,20). The first kappa shape index (κ1) is 15.0. The van der Waals surface area contributed by atoms with E-state index in [4.69, 9.17) is 5.11 Å². The molecular weight excluding hydrogens is 250 g/mol. The fourth-order valence-electron chi connectivity index (χ4n) is 3.28. The van der Waals surface area contributed by atoms with Gasteiger partial charge in [-0.15, -0.1) is 0 Å². The van der Waals surface area contributed by atoms with Gasteiger partial charge in [0.1, 0.15) is 0 Å². The first-order valence-corrected chi connectivity index (χ1v) is 7.57. The van der Waals surface area contributed by atoms with Gasteiger partial charge < -0.3 is 5.11 Å². The van der Waals surface area contributed by atoms with Gasteiger partial charge in [-0.1, -0.05) is 35.7 Å². The summed E-state index contributed by atoms with van der Waals surface area (Å²) >= 11 is 0. The van der Waals surface area contributed by atoms with E-state index in [9.17, 15) is 4.79 Å². The van der Waals surface area contributed by atoms with Crippen molar-refractivity contribution in [2.24, 2.45) is 0 Å². The molecule has 0 aliphatic carbocycles. The van der Waals surface area contributed by atoms with E-state index in [1.165, 1.54) is 29.5 Å². The Morgan fingerprint density at radius 2 is 1.95 bits per heavy atom. The zero-order chi connectivity index (χ0) is 14.5. The van der Waals surface area contributed by atoms with Crippen LogP contribution in [0.5, 0.6) is 0 Å². The van der Waals surface area contributed by atoms with Crippen LogP contribution in [0.15, 0.2) is 18.2 Å². The van der Waals surface area contributed by atoms with E-state index in [1.54, 1.807) is 0 Å². The number of carboxylic acid groups (broad SMARTS) is 1. The Balaban J connectivity index is 2.02. The van der Waals surface area contributed by atoms with Gasteiger partial charge in [0.2, 0.25) is 0 Å². The highest BCUT2D eigenvalue weighted by Crippen LogP contribution is 2.23. The van der Waals surface area contributed by atoms with Gasteiger partial charge in [0.05, 0.1) is 0 Å². The van der Waals surface area contributed by atoms with Gasteiger partial charge in [-0.3, -0.25) is 9.69 Å². The maximum absolute atomic E-state index is 10.8. The van der Waals surface area contributed by atoms with E-state index in [2.05, 4.69) is 36.9 Å². The summed E-state index contributed by atoms with van der Waals surface area (Å²) in [7, 11) is 0. The molecule has 1 aliphatic heterocycles. The van der Waals surface area contributed by atoms with Crippen molar-refractivity contribution >= 4 is 5.97 Å². The molecule has 0 aromatic heterocycles. The van der Waals surface area contributed by atoms with Crippen LogP contribution in [0.1, 0.15) is 48.8 Å². The number of piperidine rings is 1. The number of carbonyl (C=O) groups is 1. The lowest BCUT2D eigenvalue weighted by atomic mass is 9.96. The maximum atomic E-state index is 10.8. The van der Waals surface area contributed by atoms with Crippen LogP contribution in [-0.4, -0.2) is 28.6 Å². The lowest BCUT2D eigenvalue weighted by molar-refractivity contribution is -0.137. The third kappa shape index (κ3) is 4.34. The van der Waals surface area contributed by atoms with Gasteiger partial charge in [0.25, 0.3) is 0 Å². The molecule has 1 atom stereocenters. The zero-order valence-corrected chi connectivity index (χ0v) is 12.6. The van der Waals surface area contributed by atoms with Crippen LogP contribution in [0.4, 0.5) is 0 Å². The molecule has 0 bridgehead atoms. The number of carboxylic acids is 1. The summed E-state index contributed by atoms with van der Waals surface area (Å²) in [5.74, 6) is -0.679. The van der Waals surface area contributed by atoms with E-state index in [0.29, 0.717) is 6.04 Å². The SMILES string of the molecule is Cc1cc(C)cc(CN2CCCCC2CCC(=O)O)c1. The minimum atomic E-state index is -0.679. The zero-order valence-electron chi connectivity index (χ0n) is 12.6. The molecular formula is C17H25NO2. The maximum Gasteiger partial charge on any atom is 0.303 e. The second kappa shape index (κ2) is 6.89. The Hall–Kier alpha value is -1.35. The van der Waals surface area contributed by atoms with Gasteiger partial charge in [-0.05, 0) is 45.2 Å². The summed E-state index contributed by atoms with van der Waals surface area (Å²) in [4.78, 5) is 13.3. The summed E-state index contributed by atoms with van der Waals surface area (Å²) in [5.41, 5.74) is 3.96. The molecule has 0 amide bonds. The van der Waals surface area contributed by atoms with Gasteiger partial charge in [-0.2, -0.15) is 0 Å². The monoisotopic (exact) mass is 275 g/mol. The first-order valence-electron chi connectivity index (χ1n) is 7.57. The minimum Gasteiger partial charge on any atom is -0.481 e. The summed E-state index contributed by atoms with van der Waals surface area (Å²) in [6.45, 7) is 6.31. The number of aliphatic carboxylic acids is 1. The third-order valence-corrected chi connectivity index (χ3v) is 4.11. The average Bonchev–Trinajstić information content (AvgIpc) is 2.36. The highest BCUT2D eigenvalue weighted by atomic mass is 16.4. The fraction of sp³-hybridized carbons (Fsp3) is 0.588. The molecule has 1 saturated heterocycles. The predicted molar refractivity (Wildman–Crippen MR) is 80.8 cm³/mol. The first-order chi connectivity index (χ1) is 9.54. The number of hydrogen-bond acceptors (Lipinski definition) is 2. The van der Waals surface area contributed by atoms with Crippen LogP contribution in [0.25, 0.3) is 0 Å². The highest BCUT2D eigenvalue weighted by molar-refractivity contribution is 5.66. The van der Waals surface area contributed by atoms with E-state index in [-0.39, 0.29) is 6.42 Å². The van der Waals surface area contributed by atoms with E-state index in [1.807, 2.05) is 0 Å². The second-order valence-electron chi connectivity index (χ2n) is 6.05. The van der Waals surface area contributed by atoms with Crippen LogP contribution in [0.3, 0.4) is 0 Å². The molecule has 1 N–H and O–H groups in total. The number of nitrogens with zero attached hydrogens (tertiary/aromatic N) is 1. The Morgan fingerprint density at radius 3 is 2.60 bits per heavy atom. The minimum absolute atomic E-state index is 0.286. The lowest BCUT2D eigenvalue weighted by Crippen LogP contribution is -2.39. The average molecular weight is 275 g/mol. The Labute approximate surface area is 121 Å². The molecule has 0 radical (unpaired) electrons. The molecule has 1 aromatic rings. The van der Waals surface area contributed by atoms with Crippen molar-refractivity contribution in [2.45, 2.75) is 58.5 Å². The predicted octanol–water partition coefficient (Wildman–Crippen LogP) is 3.52. The van der Waals surface area contributed by atoms with Gasteiger partial charge in [0, 0.05) is 19.0 Å². The summed E-state index contributed by atoms with van der Waals surface area (Å²) in [6.07, 6.45) is 4.66. The fourth-order valence-corrected chi connectivity index (χ4v) is 3.28. The molecule has 20 heavy (non-hydrogen) atoms. The molecule has 1 heterocycles. The number of aryl methyl sites for hydroxylation is 2. The number of hydrogen-bond donors (Lipinski definition) is 1. The van der Waals surface area contributed by atoms with Crippen molar-refractivity contribution in [3.05, 3.63) is 34.9 Å². The Kier molecular flexibility index (Phi) is 5.18. The smallest absolute Gasteiger partial charge is 0.303 e. The Morgan fingerprint density at radius 1 is 1.25 bits per heavy atom. The number of likely N-dealkylation sites (tertiary alicyclic amines) is 1. The molecule has 0 saturated carbocycles. The Bertz CT molecular complexity index is 450. The van der Waals surface area contributed by atoms with Crippen molar-refractivity contribution in [2.75, 3.05) is 6.54 Å². The van der Waals surface area contributed by atoms with Crippen molar-refractivity contribution in [3.8, 4) is 0 Å². The summed E-state index contributed by atoms with van der Waals surface area (Å²) in [6, 6.07) is 7.12. The second-order valence-corrected chi connectivity index (χ2v) is 6.05. The molecule has 110 valence electrons. The van der Waals surface area contributed by atoms with Gasteiger partial charge in [-0.25, -0.2) is 0 Å². The molecule has 3 heteroatoms. The van der Waals surface area contributed by atoms with Crippen molar-refractivity contribution in [3.63, 3.8) is 0 Å². The van der Waals surface area contributed by atoms with Crippen LogP contribution in [0.2, 0.25) is 0 Å². The molecule has 1 aromatic carbocycles. The van der Waals surface area contributed by atoms with Crippen LogP contribution < -0.4 is 0 Å². The quantitative estimate of drug-likeness (QED) is 0.893. The van der Waals surface area contributed by atoms with E-state index < -0.39 is 5.97 Å². The van der Waals surface area contributed by atoms with E-state index in [0.717, 1.165) is 25.9 Å². The normalized spacial score (nSPS) is 20.0. The van der Waals surface area contributed by atoms with Gasteiger partial charge >= 0.3 is 5.97 Å². The lowest BCUT2D eigenvalue weighted by Gasteiger charge is -2.35.